The van der Waals surface area contributed by atoms with Crippen molar-refractivity contribution in [1.29, 1.82) is 0 Å². The molecule has 0 radical (unpaired) electrons. The lowest BCUT2D eigenvalue weighted by molar-refractivity contribution is 0.0959. The minimum Gasteiger partial charge on any atom is -0.355 e. The quantitative estimate of drug-likeness (QED) is 0.708. The van der Waals surface area contributed by atoms with Crippen LogP contribution in [-0.2, 0) is 13.0 Å². The summed E-state index contributed by atoms with van der Waals surface area (Å²) >= 11 is 0. The third-order valence-electron chi connectivity index (χ3n) is 4.67. The van der Waals surface area contributed by atoms with E-state index in [4.69, 9.17) is 0 Å². The summed E-state index contributed by atoms with van der Waals surface area (Å²) in [5, 5.41) is 5.33. The second-order valence-corrected chi connectivity index (χ2v) is 7.08. The van der Waals surface area contributed by atoms with Gasteiger partial charge in [-0.1, -0.05) is 12.1 Å². The lowest BCUT2D eigenvalue weighted by Gasteiger charge is -2.26. The predicted octanol–water partition coefficient (Wildman–Crippen LogP) is 1.89. The molecular formula is C21H28FN5O2. The lowest BCUT2D eigenvalue weighted by Crippen LogP contribution is -2.45. The standard InChI is InChI=1S/C21H28FN5O2/c1-23-20(28)18-9-8-15(12-19(18)22)11-17(26(2)3)13-25-21(29)27(4)14-16-7-5-6-10-24-16/h5-10,12,17H,11,13-14H2,1-4H3,(H,23,28)(H,25,29). The summed E-state index contributed by atoms with van der Waals surface area (Å²) in [7, 11) is 6.99. The summed E-state index contributed by atoms with van der Waals surface area (Å²) in [5.41, 5.74) is 1.58. The fourth-order valence-electron chi connectivity index (χ4n) is 2.86. The molecule has 1 aromatic carbocycles. The summed E-state index contributed by atoms with van der Waals surface area (Å²) in [5.74, 6) is -1.01. The first kappa shape index (κ1) is 22.3. The van der Waals surface area contributed by atoms with Crippen LogP contribution in [0.1, 0.15) is 21.6 Å². The van der Waals surface area contributed by atoms with Gasteiger partial charge in [-0.3, -0.25) is 9.78 Å². The number of pyridine rings is 1. The van der Waals surface area contributed by atoms with Crippen molar-refractivity contribution in [1.82, 2.24) is 25.4 Å². The van der Waals surface area contributed by atoms with Gasteiger partial charge < -0.3 is 20.4 Å². The summed E-state index contributed by atoms with van der Waals surface area (Å²) in [6.45, 7) is 0.808. The zero-order valence-electron chi connectivity index (χ0n) is 17.3. The van der Waals surface area contributed by atoms with Crippen LogP contribution >= 0.6 is 0 Å². The molecule has 0 fully saturated rings. The van der Waals surface area contributed by atoms with Gasteiger partial charge in [0.25, 0.3) is 5.91 Å². The highest BCUT2D eigenvalue weighted by atomic mass is 19.1. The summed E-state index contributed by atoms with van der Waals surface area (Å²) < 4.78 is 14.2. The third-order valence-corrected chi connectivity index (χ3v) is 4.67. The average Bonchev–Trinajstić information content (AvgIpc) is 2.70. The number of hydrogen-bond acceptors (Lipinski definition) is 4. The molecule has 2 rings (SSSR count). The molecule has 0 aliphatic heterocycles. The SMILES string of the molecule is CNC(=O)c1ccc(CC(CNC(=O)N(C)Cc2ccccn2)N(C)C)cc1F. The Hall–Kier alpha value is -3.00. The van der Waals surface area contributed by atoms with E-state index in [1.54, 1.807) is 24.2 Å². The molecule has 0 aliphatic rings. The highest BCUT2D eigenvalue weighted by Crippen LogP contribution is 2.13. The van der Waals surface area contributed by atoms with Crippen molar-refractivity contribution >= 4 is 11.9 Å². The van der Waals surface area contributed by atoms with Gasteiger partial charge in [0, 0.05) is 32.9 Å². The fraction of sp³-hybridized carbons (Fsp3) is 0.381. The molecule has 8 heteroatoms. The second-order valence-electron chi connectivity index (χ2n) is 7.08. The lowest BCUT2D eigenvalue weighted by atomic mass is 10.0. The Balaban J connectivity index is 1.95. The van der Waals surface area contributed by atoms with Gasteiger partial charge >= 0.3 is 6.03 Å². The van der Waals surface area contributed by atoms with Crippen LogP contribution in [0.4, 0.5) is 9.18 Å². The van der Waals surface area contributed by atoms with Gasteiger partial charge in [-0.05, 0) is 50.3 Å². The topological polar surface area (TPSA) is 77.6 Å². The monoisotopic (exact) mass is 401 g/mol. The first-order valence-corrected chi connectivity index (χ1v) is 9.37. The van der Waals surface area contributed by atoms with Crippen molar-refractivity contribution in [2.45, 2.75) is 19.0 Å². The zero-order valence-corrected chi connectivity index (χ0v) is 17.3. The maximum absolute atomic E-state index is 14.2. The Kier molecular flexibility index (Phi) is 8.09. The number of nitrogens with one attached hydrogen (secondary N) is 2. The molecule has 0 bridgehead atoms. The largest absolute Gasteiger partial charge is 0.355 e. The second kappa shape index (κ2) is 10.5. The van der Waals surface area contributed by atoms with Crippen LogP contribution in [-0.4, -0.2) is 67.5 Å². The van der Waals surface area contributed by atoms with Crippen LogP contribution in [0.25, 0.3) is 0 Å². The Morgan fingerprint density at radius 3 is 2.52 bits per heavy atom. The van der Waals surface area contributed by atoms with Crippen molar-refractivity contribution in [3.05, 3.63) is 65.2 Å². The highest BCUT2D eigenvalue weighted by molar-refractivity contribution is 5.94. The van der Waals surface area contributed by atoms with Gasteiger partial charge in [0.05, 0.1) is 17.8 Å². The number of carbonyl (C=O) groups excluding carboxylic acids is 2. The average molecular weight is 401 g/mol. The Morgan fingerprint density at radius 1 is 1.17 bits per heavy atom. The van der Waals surface area contributed by atoms with Gasteiger partial charge in [-0.2, -0.15) is 0 Å². The first-order valence-electron chi connectivity index (χ1n) is 9.37. The molecule has 2 aromatic rings. The van der Waals surface area contributed by atoms with E-state index in [-0.39, 0.29) is 17.6 Å². The third kappa shape index (κ3) is 6.53. The minimum absolute atomic E-state index is 0.0158. The molecule has 1 heterocycles. The van der Waals surface area contributed by atoms with Crippen LogP contribution in [0.15, 0.2) is 42.6 Å². The highest BCUT2D eigenvalue weighted by Gasteiger charge is 2.17. The molecule has 0 saturated heterocycles. The van der Waals surface area contributed by atoms with Gasteiger partial charge in [-0.25, -0.2) is 9.18 Å². The van der Waals surface area contributed by atoms with Crippen LogP contribution in [0, 0.1) is 5.82 Å². The molecule has 7 nitrogen and oxygen atoms in total. The molecular weight excluding hydrogens is 373 g/mol. The number of aromatic nitrogens is 1. The number of amides is 3. The smallest absolute Gasteiger partial charge is 0.317 e. The fourth-order valence-corrected chi connectivity index (χ4v) is 2.86. The normalized spacial score (nSPS) is 11.8. The van der Waals surface area contributed by atoms with Gasteiger partial charge in [0.2, 0.25) is 0 Å². The molecule has 0 aliphatic carbocycles. The maximum atomic E-state index is 14.2. The van der Waals surface area contributed by atoms with Crippen molar-refractivity contribution < 1.29 is 14.0 Å². The van der Waals surface area contributed by atoms with Crippen LogP contribution in [0.3, 0.4) is 0 Å². The van der Waals surface area contributed by atoms with Crippen molar-refractivity contribution in [3.8, 4) is 0 Å². The molecule has 1 aromatic heterocycles. The summed E-state index contributed by atoms with van der Waals surface area (Å²) in [6, 6.07) is 9.92. The van der Waals surface area contributed by atoms with E-state index in [0.717, 1.165) is 11.3 Å². The summed E-state index contributed by atoms with van der Waals surface area (Å²) in [4.78, 5) is 31.8. The van der Waals surface area contributed by atoms with Crippen LogP contribution < -0.4 is 10.6 Å². The number of urea groups is 1. The number of halogens is 1. The van der Waals surface area contributed by atoms with E-state index in [2.05, 4.69) is 15.6 Å². The van der Waals surface area contributed by atoms with E-state index in [1.807, 2.05) is 37.2 Å². The Bertz CT molecular complexity index is 829. The van der Waals surface area contributed by atoms with E-state index in [1.165, 1.54) is 19.2 Å². The molecule has 0 spiro atoms. The molecule has 156 valence electrons. The number of hydrogen-bond donors (Lipinski definition) is 2. The first-order chi connectivity index (χ1) is 13.8. The molecule has 0 saturated carbocycles. The Labute approximate surface area is 170 Å². The van der Waals surface area contributed by atoms with Crippen molar-refractivity contribution in [2.24, 2.45) is 0 Å². The number of nitrogens with zero attached hydrogens (tertiary/aromatic N) is 3. The van der Waals surface area contributed by atoms with Crippen molar-refractivity contribution in [2.75, 3.05) is 34.7 Å². The number of carbonyl (C=O) groups is 2. The van der Waals surface area contributed by atoms with E-state index in [9.17, 15) is 14.0 Å². The number of likely N-dealkylation sites (N-methyl/N-ethyl adjacent to an activating group) is 1. The van der Waals surface area contributed by atoms with Crippen molar-refractivity contribution in [3.63, 3.8) is 0 Å². The Morgan fingerprint density at radius 2 is 1.93 bits per heavy atom. The van der Waals surface area contributed by atoms with Gasteiger partial charge in [-0.15, -0.1) is 0 Å². The van der Waals surface area contributed by atoms with Crippen LogP contribution in [0.2, 0.25) is 0 Å². The van der Waals surface area contributed by atoms with E-state index in [0.29, 0.717) is 19.5 Å². The van der Waals surface area contributed by atoms with Gasteiger partial charge in [0.15, 0.2) is 0 Å². The van der Waals surface area contributed by atoms with E-state index < -0.39 is 11.7 Å². The molecule has 1 atom stereocenters. The molecule has 29 heavy (non-hydrogen) atoms. The van der Waals surface area contributed by atoms with E-state index >= 15 is 0 Å². The minimum atomic E-state index is -0.557. The maximum Gasteiger partial charge on any atom is 0.317 e. The molecule has 3 amide bonds. The predicted molar refractivity (Wildman–Crippen MR) is 110 cm³/mol. The zero-order chi connectivity index (χ0) is 21.4. The number of benzene rings is 1. The van der Waals surface area contributed by atoms with Crippen LogP contribution in [0.5, 0.6) is 0 Å². The molecule has 1 unspecified atom stereocenters. The molecule has 2 N–H and O–H groups in total. The number of rotatable bonds is 8. The van der Waals surface area contributed by atoms with Gasteiger partial charge in [0.1, 0.15) is 5.82 Å². The summed E-state index contributed by atoms with van der Waals surface area (Å²) in [6.07, 6.45) is 2.22.